The van der Waals surface area contributed by atoms with Gasteiger partial charge in [0.25, 0.3) is 0 Å². The Morgan fingerprint density at radius 1 is 1.20 bits per heavy atom. The summed E-state index contributed by atoms with van der Waals surface area (Å²) in [5.41, 5.74) is 5.50. The molecule has 0 bridgehead atoms. The monoisotopic (exact) mass is 335 g/mol. The van der Waals surface area contributed by atoms with Crippen LogP contribution < -0.4 is 10.3 Å². The Hall–Kier alpha value is -2.95. The van der Waals surface area contributed by atoms with E-state index in [9.17, 15) is 9.59 Å². The highest BCUT2D eigenvalue weighted by atomic mass is 16.2. The van der Waals surface area contributed by atoms with E-state index in [1.54, 1.807) is 11.1 Å². The van der Waals surface area contributed by atoms with Gasteiger partial charge < -0.3 is 4.90 Å². The molecular formula is C20H21N3O2. The number of nitrogens with zero attached hydrogens (tertiary/aromatic N) is 2. The second-order valence-electron chi connectivity index (χ2n) is 6.07. The van der Waals surface area contributed by atoms with Crippen molar-refractivity contribution in [3.05, 3.63) is 65.7 Å². The summed E-state index contributed by atoms with van der Waals surface area (Å²) in [4.78, 5) is 26.2. The molecule has 2 aromatic carbocycles. The van der Waals surface area contributed by atoms with Gasteiger partial charge in [-0.2, -0.15) is 5.10 Å². The van der Waals surface area contributed by atoms with Gasteiger partial charge in [-0.25, -0.2) is 5.43 Å². The predicted octanol–water partition coefficient (Wildman–Crippen LogP) is 2.75. The molecule has 2 amide bonds. The summed E-state index contributed by atoms with van der Waals surface area (Å²) >= 11 is 0. The van der Waals surface area contributed by atoms with Crippen molar-refractivity contribution in [2.75, 3.05) is 11.4 Å². The number of hydrazone groups is 1. The maximum atomic E-state index is 12.3. The highest BCUT2D eigenvalue weighted by molar-refractivity contribution is 6.00. The Morgan fingerprint density at radius 2 is 1.92 bits per heavy atom. The molecule has 1 fully saturated rings. The lowest BCUT2D eigenvalue weighted by Crippen LogP contribution is -2.30. The lowest BCUT2D eigenvalue weighted by atomic mass is 10.1. The first kappa shape index (κ1) is 16.9. The highest BCUT2D eigenvalue weighted by Crippen LogP contribution is 2.25. The molecular weight excluding hydrogens is 314 g/mol. The third-order valence-electron chi connectivity index (χ3n) is 4.34. The molecule has 5 nitrogen and oxygen atoms in total. The number of carbonyl (C=O) groups is 2. The zero-order valence-corrected chi connectivity index (χ0v) is 14.2. The van der Waals surface area contributed by atoms with Crippen molar-refractivity contribution in [2.24, 2.45) is 11.0 Å². The van der Waals surface area contributed by atoms with Crippen molar-refractivity contribution in [2.45, 2.75) is 19.8 Å². The molecule has 1 aliphatic heterocycles. The summed E-state index contributed by atoms with van der Waals surface area (Å²) in [7, 11) is 0. The van der Waals surface area contributed by atoms with E-state index in [1.165, 1.54) is 5.56 Å². The van der Waals surface area contributed by atoms with Gasteiger partial charge in [0, 0.05) is 18.7 Å². The van der Waals surface area contributed by atoms with Crippen molar-refractivity contribution >= 4 is 23.7 Å². The molecule has 0 saturated carbocycles. The zero-order valence-electron chi connectivity index (χ0n) is 14.2. The van der Waals surface area contributed by atoms with Crippen LogP contribution in [0.3, 0.4) is 0 Å². The molecule has 1 aliphatic rings. The number of hydrogen-bond donors (Lipinski definition) is 1. The molecule has 128 valence electrons. The fourth-order valence-electron chi connectivity index (χ4n) is 2.85. The minimum absolute atomic E-state index is 0.0311. The van der Waals surface area contributed by atoms with Crippen LogP contribution in [0.2, 0.25) is 0 Å². The van der Waals surface area contributed by atoms with E-state index in [2.05, 4.69) is 17.5 Å². The molecule has 1 saturated heterocycles. The molecule has 3 rings (SSSR count). The minimum Gasteiger partial charge on any atom is -0.312 e. The molecule has 5 heteroatoms. The second-order valence-corrected chi connectivity index (χ2v) is 6.07. The molecule has 1 heterocycles. The van der Waals surface area contributed by atoms with Crippen LogP contribution in [0.15, 0.2) is 59.7 Å². The summed E-state index contributed by atoms with van der Waals surface area (Å²) in [5, 5.41) is 3.98. The number of benzene rings is 2. The van der Waals surface area contributed by atoms with Crippen molar-refractivity contribution in [3.8, 4) is 0 Å². The Morgan fingerprint density at radius 3 is 2.60 bits per heavy atom. The van der Waals surface area contributed by atoms with Gasteiger partial charge in [0.1, 0.15) is 0 Å². The van der Waals surface area contributed by atoms with Gasteiger partial charge in [-0.15, -0.1) is 0 Å². The van der Waals surface area contributed by atoms with Gasteiger partial charge in [0.2, 0.25) is 11.8 Å². The second kappa shape index (κ2) is 7.75. The lowest BCUT2D eigenvalue weighted by molar-refractivity contribution is -0.126. The first-order chi connectivity index (χ1) is 12.2. The molecule has 0 unspecified atom stereocenters. The van der Waals surface area contributed by atoms with Crippen LogP contribution >= 0.6 is 0 Å². The van der Waals surface area contributed by atoms with E-state index in [0.717, 1.165) is 17.7 Å². The largest absolute Gasteiger partial charge is 0.312 e. The summed E-state index contributed by atoms with van der Waals surface area (Å²) in [6.07, 6.45) is 2.76. The van der Waals surface area contributed by atoms with E-state index >= 15 is 0 Å². The van der Waals surface area contributed by atoms with E-state index in [0.29, 0.717) is 6.54 Å². The van der Waals surface area contributed by atoms with Gasteiger partial charge in [-0.05, 0) is 29.7 Å². The van der Waals surface area contributed by atoms with Crippen LogP contribution in [0.5, 0.6) is 0 Å². The van der Waals surface area contributed by atoms with Crippen LogP contribution in [0.4, 0.5) is 5.69 Å². The standard InChI is InChI=1S/C20H21N3O2/c1-2-15-8-10-18(11-9-15)23-14-17(12-19(23)24)20(25)22-21-13-16-6-4-3-5-7-16/h3-11,13,17H,2,12,14H2,1H3,(H,22,25)/b21-13-/t17-/m1/s1. The third-order valence-corrected chi connectivity index (χ3v) is 4.34. The molecule has 25 heavy (non-hydrogen) atoms. The SMILES string of the molecule is CCc1ccc(N2C[C@H](C(=O)N/N=C\c3ccccc3)CC2=O)cc1. The Balaban J connectivity index is 1.59. The van der Waals surface area contributed by atoms with Crippen LogP contribution in [0, 0.1) is 5.92 Å². The average Bonchev–Trinajstić information content (AvgIpc) is 3.04. The summed E-state index contributed by atoms with van der Waals surface area (Å²) < 4.78 is 0. The lowest BCUT2D eigenvalue weighted by Gasteiger charge is -2.16. The van der Waals surface area contributed by atoms with Crippen LogP contribution in [0.1, 0.15) is 24.5 Å². The van der Waals surface area contributed by atoms with E-state index in [-0.39, 0.29) is 24.2 Å². The number of carbonyl (C=O) groups excluding carboxylic acids is 2. The van der Waals surface area contributed by atoms with E-state index in [4.69, 9.17) is 0 Å². The number of hydrogen-bond acceptors (Lipinski definition) is 3. The fraction of sp³-hybridized carbons (Fsp3) is 0.250. The zero-order chi connectivity index (χ0) is 17.6. The average molecular weight is 335 g/mol. The van der Waals surface area contributed by atoms with E-state index in [1.807, 2.05) is 54.6 Å². The molecule has 0 aliphatic carbocycles. The van der Waals surface area contributed by atoms with Gasteiger partial charge >= 0.3 is 0 Å². The molecule has 0 spiro atoms. The minimum atomic E-state index is -0.383. The molecule has 1 N–H and O–H groups in total. The number of anilines is 1. The number of aryl methyl sites for hydroxylation is 1. The topological polar surface area (TPSA) is 61.8 Å². The molecule has 0 aromatic heterocycles. The number of rotatable bonds is 5. The maximum Gasteiger partial charge on any atom is 0.245 e. The Kier molecular flexibility index (Phi) is 5.23. The van der Waals surface area contributed by atoms with Gasteiger partial charge in [0.15, 0.2) is 0 Å². The van der Waals surface area contributed by atoms with Crippen molar-refractivity contribution in [3.63, 3.8) is 0 Å². The number of nitrogens with one attached hydrogen (secondary N) is 1. The van der Waals surface area contributed by atoms with Crippen molar-refractivity contribution in [1.82, 2.24) is 5.43 Å². The van der Waals surface area contributed by atoms with Gasteiger partial charge in [0.05, 0.1) is 12.1 Å². The summed E-state index contributed by atoms with van der Waals surface area (Å²) in [6, 6.07) is 17.4. The smallest absolute Gasteiger partial charge is 0.245 e. The third kappa shape index (κ3) is 4.12. The van der Waals surface area contributed by atoms with Crippen molar-refractivity contribution in [1.29, 1.82) is 0 Å². The van der Waals surface area contributed by atoms with Gasteiger partial charge in [-0.1, -0.05) is 49.4 Å². The van der Waals surface area contributed by atoms with Crippen LogP contribution in [0.25, 0.3) is 0 Å². The quantitative estimate of drug-likeness (QED) is 0.674. The molecule has 0 radical (unpaired) electrons. The van der Waals surface area contributed by atoms with Crippen molar-refractivity contribution < 1.29 is 9.59 Å². The summed E-state index contributed by atoms with van der Waals surface area (Å²) in [6.45, 7) is 2.48. The van der Waals surface area contributed by atoms with Crippen LogP contribution in [-0.2, 0) is 16.0 Å². The van der Waals surface area contributed by atoms with Gasteiger partial charge in [-0.3, -0.25) is 9.59 Å². The predicted molar refractivity (Wildman–Crippen MR) is 98.5 cm³/mol. The fourth-order valence-corrected chi connectivity index (χ4v) is 2.85. The first-order valence-electron chi connectivity index (χ1n) is 8.44. The Bertz CT molecular complexity index is 769. The summed E-state index contributed by atoms with van der Waals surface area (Å²) in [5.74, 6) is -0.643. The molecule has 2 aromatic rings. The normalized spacial score (nSPS) is 17.2. The molecule has 1 atom stereocenters. The maximum absolute atomic E-state index is 12.3. The van der Waals surface area contributed by atoms with E-state index < -0.39 is 0 Å². The van der Waals surface area contributed by atoms with Crippen LogP contribution in [-0.4, -0.2) is 24.6 Å². The first-order valence-corrected chi connectivity index (χ1v) is 8.44. The Labute approximate surface area is 147 Å². The highest BCUT2D eigenvalue weighted by Gasteiger charge is 2.35. The number of amides is 2.